The van der Waals surface area contributed by atoms with Crippen LogP contribution in [0.15, 0.2) is 30.3 Å². The van der Waals surface area contributed by atoms with Crippen LogP contribution in [-0.4, -0.2) is 31.3 Å². The van der Waals surface area contributed by atoms with Gasteiger partial charge in [0.15, 0.2) is 16.6 Å². The van der Waals surface area contributed by atoms with E-state index in [4.69, 9.17) is 33.3 Å². The minimum Gasteiger partial charge on any atom is -0.493 e. The molecule has 25 heavy (non-hydrogen) atoms. The lowest BCUT2D eigenvalue weighted by atomic mass is 10.1. The number of halogens is 1. The normalized spacial score (nSPS) is 10.3. The van der Waals surface area contributed by atoms with Crippen LogP contribution in [0.25, 0.3) is 0 Å². The van der Waals surface area contributed by atoms with E-state index in [0.29, 0.717) is 22.4 Å². The lowest BCUT2D eigenvalue weighted by Crippen LogP contribution is -2.30. The van der Waals surface area contributed by atoms with Gasteiger partial charge in [-0.3, -0.25) is 0 Å². The molecule has 4 nitrogen and oxygen atoms in total. The van der Waals surface area contributed by atoms with Crippen molar-refractivity contribution in [1.29, 1.82) is 0 Å². The first-order chi connectivity index (χ1) is 11.8. The van der Waals surface area contributed by atoms with Crippen molar-refractivity contribution in [2.75, 3.05) is 26.6 Å². The number of anilines is 1. The first-order valence-electron chi connectivity index (χ1n) is 7.85. The Kier molecular flexibility index (Phi) is 6.51. The van der Waals surface area contributed by atoms with E-state index in [1.165, 1.54) is 0 Å². The van der Waals surface area contributed by atoms with Gasteiger partial charge in [0, 0.05) is 24.3 Å². The fraction of sp³-hybridized carbons (Fsp3) is 0.316. The predicted molar refractivity (Wildman–Crippen MR) is 108 cm³/mol. The van der Waals surface area contributed by atoms with Crippen molar-refractivity contribution in [1.82, 2.24) is 4.90 Å². The molecule has 0 bridgehead atoms. The highest BCUT2D eigenvalue weighted by atomic mass is 35.5. The summed E-state index contributed by atoms with van der Waals surface area (Å²) in [4.78, 5) is 1.97. The maximum absolute atomic E-state index is 6.17. The Labute approximate surface area is 159 Å². The Morgan fingerprint density at radius 2 is 1.72 bits per heavy atom. The molecule has 0 saturated carbocycles. The maximum atomic E-state index is 6.17. The molecule has 0 atom stereocenters. The second kappa shape index (κ2) is 8.41. The van der Waals surface area contributed by atoms with Crippen LogP contribution in [-0.2, 0) is 6.54 Å². The van der Waals surface area contributed by atoms with E-state index >= 15 is 0 Å². The number of nitrogens with zero attached hydrogens (tertiary/aromatic N) is 1. The Balaban J connectivity index is 2.11. The third kappa shape index (κ3) is 4.77. The summed E-state index contributed by atoms with van der Waals surface area (Å²) in [6.45, 7) is 4.66. The van der Waals surface area contributed by atoms with Gasteiger partial charge in [-0.05, 0) is 67.0 Å². The number of hydrogen-bond donors (Lipinski definition) is 1. The van der Waals surface area contributed by atoms with Crippen LogP contribution in [0.1, 0.15) is 16.7 Å². The van der Waals surface area contributed by atoms with Gasteiger partial charge in [-0.25, -0.2) is 0 Å². The summed E-state index contributed by atoms with van der Waals surface area (Å²) < 4.78 is 10.7. The molecule has 0 radical (unpaired) electrons. The topological polar surface area (TPSA) is 33.7 Å². The lowest BCUT2D eigenvalue weighted by Gasteiger charge is -2.23. The number of thiocarbonyl (C=S) groups is 1. The fourth-order valence-corrected chi connectivity index (χ4v) is 2.77. The van der Waals surface area contributed by atoms with Crippen LogP contribution < -0.4 is 14.8 Å². The van der Waals surface area contributed by atoms with Gasteiger partial charge in [0.25, 0.3) is 0 Å². The third-order valence-corrected chi connectivity index (χ3v) is 4.84. The number of benzene rings is 2. The minimum absolute atomic E-state index is 0.620. The SMILES string of the molecule is COc1cc(C)c(CN(C)C(=S)Nc2ccc(C)c(Cl)c2)cc1OC. The van der Waals surface area contributed by atoms with Gasteiger partial charge in [-0.2, -0.15) is 0 Å². The fourth-order valence-electron chi connectivity index (χ4n) is 2.41. The van der Waals surface area contributed by atoms with Crippen molar-refractivity contribution in [3.8, 4) is 11.5 Å². The number of aryl methyl sites for hydroxylation is 2. The Hall–Kier alpha value is -1.98. The van der Waals surface area contributed by atoms with E-state index < -0.39 is 0 Å². The molecule has 0 saturated heterocycles. The van der Waals surface area contributed by atoms with E-state index in [2.05, 4.69) is 5.32 Å². The monoisotopic (exact) mass is 378 g/mol. The van der Waals surface area contributed by atoms with E-state index in [9.17, 15) is 0 Å². The largest absolute Gasteiger partial charge is 0.493 e. The van der Waals surface area contributed by atoms with Gasteiger partial charge < -0.3 is 19.7 Å². The quantitative estimate of drug-likeness (QED) is 0.755. The maximum Gasteiger partial charge on any atom is 0.173 e. The zero-order valence-electron chi connectivity index (χ0n) is 15.1. The van der Waals surface area contributed by atoms with Crippen molar-refractivity contribution in [2.24, 2.45) is 0 Å². The van der Waals surface area contributed by atoms with Crippen LogP contribution in [0.5, 0.6) is 11.5 Å². The van der Waals surface area contributed by atoms with Crippen molar-refractivity contribution in [2.45, 2.75) is 20.4 Å². The minimum atomic E-state index is 0.620. The highest BCUT2D eigenvalue weighted by Crippen LogP contribution is 2.30. The molecule has 0 unspecified atom stereocenters. The molecule has 0 heterocycles. The summed E-state index contributed by atoms with van der Waals surface area (Å²) >= 11 is 11.7. The van der Waals surface area contributed by atoms with Crippen LogP contribution in [0.3, 0.4) is 0 Å². The highest BCUT2D eigenvalue weighted by Gasteiger charge is 2.12. The average Bonchev–Trinajstić information content (AvgIpc) is 2.59. The molecular weight excluding hydrogens is 356 g/mol. The van der Waals surface area contributed by atoms with Crippen LogP contribution in [0.2, 0.25) is 5.02 Å². The summed E-state index contributed by atoms with van der Waals surface area (Å²) in [5, 5.41) is 4.55. The summed E-state index contributed by atoms with van der Waals surface area (Å²) in [5.41, 5.74) is 4.14. The molecule has 0 aliphatic rings. The number of nitrogens with one attached hydrogen (secondary N) is 1. The van der Waals surface area contributed by atoms with Gasteiger partial charge in [-0.1, -0.05) is 17.7 Å². The Bertz CT molecular complexity index is 780. The molecule has 2 rings (SSSR count). The van der Waals surface area contributed by atoms with Crippen LogP contribution in [0, 0.1) is 13.8 Å². The first kappa shape index (κ1) is 19.3. The molecule has 6 heteroatoms. The predicted octanol–water partition coefficient (Wildman–Crippen LogP) is 4.80. The summed E-state index contributed by atoms with van der Waals surface area (Å²) in [6.07, 6.45) is 0. The second-order valence-electron chi connectivity index (χ2n) is 5.88. The van der Waals surface area contributed by atoms with Gasteiger partial charge in [0.05, 0.1) is 14.2 Å². The molecule has 2 aromatic carbocycles. The molecule has 0 spiro atoms. The molecule has 0 aliphatic heterocycles. The van der Waals surface area contributed by atoms with E-state index in [0.717, 1.165) is 28.1 Å². The third-order valence-electron chi connectivity index (χ3n) is 4.02. The van der Waals surface area contributed by atoms with Gasteiger partial charge >= 0.3 is 0 Å². The summed E-state index contributed by atoms with van der Waals surface area (Å²) in [5.74, 6) is 1.43. The van der Waals surface area contributed by atoms with E-state index in [-0.39, 0.29) is 0 Å². The van der Waals surface area contributed by atoms with E-state index in [1.807, 2.05) is 56.1 Å². The molecule has 134 valence electrons. The Morgan fingerprint density at radius 1 is 1.08 bits per heavy atom. The summed E-state index contributed by atoms with van der Waals surface area (Å²) in [6, 6.07) is 9.75. The van der Waals surface area contributed by atoms with Crippen LogP contribution >= 0.6 is 23.8 Å². The second-order valence-corrected chi connectivity index (χ2v) is 6.68. The number of hydrogen-bond acceptors (Lipinski definition) is 3. The molecule has 0 aromatic heterocycles. The highest BCUT2D eigenvalue weighted by molar-refractivity contribution is 7.80. The standard InChI is InChI=1S/C19H23ClN2O2S/c1-12-6-7-15(10-16(12)20)21-19(25)22(3)11-14-9-18(24-5)17(23-4)8-13(14)2/h6-10H,11H2,1-5H3,(H,21,25). The molecule has 2 aromatic rings. The van der Waals surface area contributed by atoms with Crippen molar-refractivity contribution < 1.29 is 9.47 Å². The smallest absolute Gasteiger partial charge is 0.173 e. The zero-order chi connectivity index (χ0) is 18.6. The number of rotatable bonds is 5. The van der Waals surface area contributed by atoms with Gasteiger partial charge in [-0.15, -0.1) is 0 Å². The van der Waals surface area contributed by atoms with Crippen LogP contribution in [0.4, 0.5) is 5.69 Å². The van der Waals surface area contributed by atoms with Crippen molar-refractivity contribution in [3.05, 3.63) is 52.0 Å². The molecule has 0 amide bonds. The number of ether oxygens (including phenoxy) is 2. The first-order valence-corrected chi connectivity index (χ1v) is 8.64. The lowest BCUT2D eigenvalue weighted by molar-refractivity contribution is 0.353. The van der Waals surface area contributed by atoms with Crippen molar-refractivity contribution in [3.63, 3.8) is 0 Å². The number of methoxy groups -OCH3 is 2. The zero-order valence-corrected chi connectivity index (χ0v) is 16.7. The molecule has 0 fully saturated rings. The molecule has 0 aliphatic carbocycles. The van der Waals surface area contributed by atoms with Gasteiger partial charge in [0.2, 0.25) is 0 Å². The average molecular weight is 379 g/mol. The molecular formula is C19H23ClN2O2S. The van der Waals surface area contributed by atoms with E-state index in [1.54, 1.807) is 14.2 Å². The van der Waals surface area contributed by atoms with Crippen molar-refractivity contribution >= 4 is 34.6 Å². The molecule has 1 N–H and O–H groups in total. The van der Waals surface area contributed by atoms with Gasteiger partial charge in [0.1, 0.15) is 0 Å². The summed E-state index contributed by atoms with van der Waals surface area (Å²) in [7, 11) is 5.21. The Morgan fingerprint density at radius 3 is 2.32 bits per heavy atom.